The minimum atomic E-state index is -1.77. The van der Waals surface area contributed by atoms with Crippen LogP contribution in [0.1, 0.15) is 6.92 Å². The van der Waals surface area contributed by atoms with Crippen molar-refractivity contribution in [2.24, 2.45) is 0 Å². The molecule has 0 aromatic heterocycles. The lowest BCUT2D eigenvalue weighted by atomic mass is 10.5. The summed E-state index contributed by atoms with van der Waals surface area (Å²) in [5.74, 6) is 0. The van der Waals surface area contributed by atoms with Crippen molar-refractivity contribution in [3.05, 3.63) is 0 Å². The predicted octanol–water partition coefficient (Wildman–Crippen LogP) is 1.30. The fourth-order valence-corrected chi connectivity index (χ4v) is 1.63. The Hall–Kier alpha value is -0.670. The SMILES string of the molecule is CCO[P+](=O)C1COC(=O)OC1. The van der Waals surface area contributed by atoms with Gasteiger partial charge in [-0.1, -0.05) is 0 Å². The summed E-state index contributed by atoms with van der Waals surface area (Å²) in [5, 5.41) is 0. The zero-order valence-corrected chi connectivity index (χ0v) is 7.58. The van der Waals surface area contributed by atoms with Crippen molar-refractivity contribution in [1.82, 2.24) is 0 Å². The molecule has 0 aliphatic carbocycles. The van der Waals surface area contributed by atoms with Crippen molar-refractivity contribution in [2.45, 2.75) is 12.6 Å². The average molecular weight is 193 g/mol. The van der Waals surface area contributed by atoms with E-state index in [9.17, 15) is 9.36 Å². The summed E-state index contributed by atoms with van der Waals surface area (Å²) >= 11 is 0. The molecular weight excluding hydrogens is 183 g/mol. The summed E-state index contributed by atoms with van der Waals surface area (Å²) in [6.45, 7) is 2.38. The van der Waals surface area contributed by atoms with Gasteiger partial charge in [-0.3, -0.25) is 0 Å². The number of cyclic esters (lactones) is 2. The fourth-order valence-electron chi connectivity index (χ4n) is 0.773. The van der Waals surface area contributed by atoms with Gasteiger partial charge in [0.25, 0.3) is 5.66 Å². The zero-order valence-electron chi connectivity index (χ0n) is 6.69. The van der Waals surface area contributed by atoms with Crippen molar-refractivity contribution in [1.29, 1.82) is 0 Å². The van der Waals surface area contributed by atoms with Gasteiger partial charge in [0.2, 0.25) is 0 Å². The largest absolute Gasteiger partial charge is 0.518 e. The molecule has 0 amide bonds. The number of carbonyl (C=O) groups excluding carboxylic acids is 1. The molecule has 1 unspecified atom stereocenters. The monoisotopic (exact) mass is 193 g/mol. The molecule has 1 atom stereocenters. The smallest absolute Gasteiger partial charge is 0.429 e. The summed E-state index contributed by atoms with van der Waals surface area (Å²) in [6, 6.07) is 0. The molecule has 0 aromatic carbocycles. The maximum Gasteiger partial charge on any atom is 0.518 e. The highest BCUT2D eigenvalue weighted by atomic mass is 31.1. The number of hydrogen-bond donors (Lipinski definition) is 0. The highest BCUT2D eigenvalue weighted by Gasteiger charge is 2.38. The molecule has 12 heavy (non-hydrogen) atoms. The van der Waals surface area contributed by atoms with Gasteiger partial charge in [0, 0.05) is 0 Å². The summed E-state index contributed by atoms with van der Waals surface area (Å²) in [4.78, 5) is 10.4. The van der Waals surface area contributed by atoms with Crippen LogP contribution in [0, 0.1) is 0 Å². The van der Waals surface area contributed by atoms with E-state index in [0.29, 0.717) is 6.61 Å². The lowest BCUT2D eigenvalue weighted by molar-refractivity contribution is 0.0197. The van der Waals surface area contributed by atoms with E-state index in [-0.39, 0.29) is 18.9 Å². The predicted molar refractivity (Wildman–Crippen MR) is 40.3 cm³/mol. The van der Waals surface area contributed by atoms with Crippen molar-refractivity contribution in [3.8, 4) is 0 Å². The Bertz CT molecular complexity index is 182. The molecule has 1 aliphatic heterocycles. The number of rotatable bonds is 3. The van der Waals surface area contributed by atoms with Gasteiger partial charge in [-0.15, -0.1) is 4.52 Å². The molecular formula is C6H10O5P+. The molecule has 0 radical (unpaired) electrons. The maximum atomic E-state index is 11.2. The second-order valence-electron chi connectivity index (χ2n) is 2.23. The molecule has 0 spiro atoms. The first-order chi connectivity index (χ1) is 5.74. The van der Waals surface area contributed by atoms with Crippen LogP contribution in [-0.2, 0) is 18.6 Å². The number of hydrogen-bond acceptors (Lipinski definition) is 5. The highest BCUT2D eigenvalue weighted by molar-refractivity contribution is 7.40. The first-order valence-electron chi connectivity index (χ1n) is 3.63. The van der Waals surface area contributed by atoms with Crippen LogP contribution in [0.3, 0.4) is 0 Å². The topological polar surface area (TPSA) is 61.8 Å². The van der Waals surface area contributed by atoms with Gasteiger partial charge in [-0.2, -0.15) is 0 Å². The minimum absolute atomic E-state index is 0.119. The first-order valence-corrected chi connectivity index (χ1v) is 4.87. The van der Waals surface area contributed by atoms with E-state index in [2.05, 4.69) is 9.47 Å². The third-order valence-corrected chi connectivity index (χ3v) is 2.75. The highest BCUT2D eigenvalue weighted by Crippen LogP contribution is 2.31. The van der Waals surface area contributed by atoms with Crippen molar-refractivity contribution in [3.63, 3.8) is 0 Å². The van der Waals surface area contributed by atoms with Crippen LogP contribution in [0.5, 0.6) is 0 Å². The lowest BCUT2D eigenvalue weighted by Crippen LogP contribution is -2.29. The Morgan fingerprint density at radius 2 is 2.17 bits per heavy atom. The van der Waals surface area contributed by atoms with Gasteiger partial charge < -0.3 is 9.47 Å². The van der Waals surface area contributed by atoms with E-state index >= 15 is 0 Å². The van der Waals surface area contributed by atoms with E-state index in [1.165, 1.54) is 0 Å². The van der Waals surface area contributed by atoms with E-state index < -0.39 is 14.2 Å². The molecule has 0 bridgehead atoms. The van der Waals surface area contributed by atoms with Crippen LogP contribution in [0.2, 0.25) is 0 Å². The van der Waals surface area contributed by atoms with E-state index in [0.717, 1.165) is 0 Å². The Kier molecular flexibility index (Phi) is 3.44. The second-order valence-corrected chi connectivity index (χ2v) is 3.79. The van der Waals surface area contributed by atoms with Gasteiger partial charge >= 0.3 is 14.2 Å². The third-order valence-electron chi connectivity index (χ3n) is 1.34. The third kappa shape index (κ3) is 2.43. The van der Waals surface area contributed by atoms with E-state index in [1.807, 2.05) is 0 Å². The average Bonchev–Trinajstić information content (AvgIpc) is 2.06. The van der Waals surface area contributed by atoms with Crippen molar-refractivity contribution in [2.75, 3.05) is 19.8 Å². The van der Waals surface area contributed by atoms with E-state index in [1.54, 1.807) is 6.92 Å². The molecule has 68 valence electrons. The van der Waals surface area contributed by atoms with Gasteiger partial charge in [-0.05, 0) is 11.5 Å². The molecule has 1 heterocycles. The van der Waals surface area contributed by atoms with Crippen LogP contribution in [0.15, 0.2) is 0 Å². The van der Waals surface area contributed by atoms with Crippen molar-refractivity contribution < 1.29 is 23.4 Å². The molecule has 1 rings (SSSR count). The molecule has 0 N–H and O–H groups in total. The van der Waals surface area contributed by atoms with Gasteiger partial charge in [-0.25, -0.2) is 4.79 Å². The summed E-state index contributed by atoms with van der Waals surface area (Å²) in [5.41, 5.74) is -0.322. The quantitative estimate of drug-likeness (QED) is 0.499. The van der Waals surface area contributed by atoms with Crippen molar-refractivity contribution >= 4 is 14.2 Å². The summed E-state index contributed by atoms with van der Waals surface area (Å²) in [7, 11) is -1.77. The summed E-state index contributed by atoms with van der Waals surface area (Å²) < 4.78 is 25.1. The van der Waals surface area contributed by atoms with Crippen LogP contribution in [0.25, 0.3) is 0 Å². The molecule has 6 heteroatoms. The van der Waals surface area contributed by atoms with E-state index in [4.69, 9.17) is 4.52 Å². The first kappa shape index (κ1) is 9.42. The van der Waals surface area contributed by atoms with Crippen LogP contribution in [-0.4, -0.2) is 31.6 Å². The fraction of sp³-hybridized carbons (Fsp3) is 0.833. The molecule has 0 saturated carbocycles. The second kappa shape index (κ2) is 4.38. The molecule has 0 aromatic rings. The summed E-state index contributed by atoms with van der Waals surface area (Å²) in [6.07, 6.45) is -0.703. The maximum absolute atomic E-state index is 11.2. The van der Waals surface area contributed by atoms with Crippen LogP contribution < -0.4 is 0 Å². The molecule has 1 aliphatic rings. The number of carbonyl (C=O) groups is 1. The van der Waals surface area contributed by atoms with Gasteiger partial charge in [0.1, 0.15) is 13.2 Å². The molecule has 5 nitrogen and oxygen atoms in total. The lowest BCUT2D eigenvalue weighted by Gasteiger charge is -2.13. The molecule has 1 saturated heterocycles. The Balaban J connectivity index is 2.33. The Labute approximate surface area is 70.9 Å². The standard InChI is InChI=1S/C6H10O5P/c1-2-11-12(8)5-3-9-6(7)10-4-5/h5H,2-4H2,1H3/q+1. The normalized spacial score (nSPS) is 19.8. The molecule has 1 fully saturated rings. The number of ether oxygens (including phenoxy) is 2. The Morgan fingerprint density at radius 1 is 1.58 bits per heavy atom. The van der Waals surface area contributed by atoms with Crippen LogP contribution >= 0.6 is 8.03 Å². The van der Waals surface area contributed by atoms with Gasteiger partial charge in [0.05, 0.1) is 6.61 Å². The minimum Gasteiger partial charge on any atom is -0.429 e. The Morgan fingerprint density at radius 3 is 2.67 bits per heavy atom. The van der Waals surface area contributed by atoms with Gasteiger partial charge in [0.15, 0.2) is 0 Å². The zero-order chi connectivity index (χ0) is 8.97. The van der Waals surface area contributed by atoms with Crippen LogP contribution in [0.4, 0.5) is 4.79 Å².